The lowest BCUT2D eigenvalue weighted by Gasteiger charge is -2.09. The predicted molar refractivity (Wildman–Crippen MR) is 165 cm³/mol. The molecule has 0 saturated heterocycles. The second-order valence-corrected chi connectivity index (χ2v) is 13.9. The number of hydrogen-bond acceptors (Lipinski definition) is 3. The van der Waals surface area contributed by atoms with E-state index < -0.39 is 0 Å². The Balaban J connectivity index is 1.56. The average molecular weight is 633 g/mol. The van der Waals surface area contributed by atoms with Gasteiger partial charge < -0.3 is 4.57 Å². The summed E-state index contributed by atoms with van der Waals surface area (Å²) < 4.78 is 12.9. The summed E-state index contributed by atoms with van der Waals surface area (Å²) in [6.45, 7) is 2.15. The molecule has 0 aliphatic carbocycles. The van der Waals surface area contributed by atoms with E-state index in [1.807, 2.05) is 34.0 Å². The molecule has 0 bridgehead atoms. The van der Waals surface area contributed by atoms with E-state index in [0.717, 1.165) is 8.95 Å². The maximum Gasteiger partial charge on any atom is 0.0727 e. The minimum Gasteiger partial charge on any atom is -0.308 e. The van der Waals surface area contributed by atoms with Gasteiger partial charge in [-0.2, -0.15) is 0 Å². The largest absolute Gasteiger partial charge is 0.308 e. The summed E-state index contributed by atoms with van der Waals surface area (Å²) in [5.74, 6) is 0. The zero-order chi connectivity index (χ0) is 23.4. The Bertz CT molecular complexity index is 2140. The summed E-state index contributed by atoms with van der Waals surface area (Å²) in [5.41, 5.74) is 5.08. The first-order valence-electron chi connectivity index (χ1n) is 11.2. The van der Waals surface area contributed by atoms with Crippen LogP contribution in [0.4, 0.5) is 0 Å². The van der Waals surface area contributed by atoms with E-state index in [4.69, 9.17) is 0 Å². The van der Waals surface area contributed by atoms with Gasteiger partial charge in [-0.1, -0.05) is 61.7 Å². The van der Waals surface area contributed by atoms with Crippen molar-refractivity contribution in [3.05, 3.63) is 87.3 Å². The highest BCUT2D eigenvalue weighted by Crippen LogP contribution is 2.49. The van der Waals surface area contributed by atoms with Crippen LogP contribution in [0.5, 0.6) is 0 Å². The number of aromatic nitrogens is 1. The molecule has 0 atom stereocenters. The molecule has 35 heavy (non-hydrogen) atoms. The lowest BCUT2D eigenvalue weighted by molar-refractivity contribution is 1.18. The summed E-state index contributed by atoms with van der Waals surface area (Å²) >= 11 is 13.0. The van der Waals surface area contributed by atoms with Gasteiger partial charge >= 0.3 is 0 Å². The van der Waals surface area contributed by atoms with E-state index in [0.29, 0.717) is 0 Å². The quantitative estimate of drug-likeness (QED) is 0.170. The van der Waals surface area contributed by atoms with Crippen LogP contribution in [0.2, 0.25) is 0 Å². The highest BCUT2D eigenvalue weighted by molar-refractivity contribution is 9.10. The van der Waals surface area contributed by atoms with E-state index in [9.17, 15) is 0 Å². The van der Waals surface area contributed by atoms with Crippen LogP contribution in [0.3, 0.4) is 0 Å². The number of rotatable bonds is 1. The summed E-state index contributed by atoms with van der Waals surface area (Å²) in [7, 11) is 0. The monoisotopic (exact) mass is 631 g/mol. The van der Waals surface area contributed by atoms with Gasteiger partial charge in [-0.3, -0.25) is 0 Å². The molecule has 0 unspecified atom stereocenters. The molecule has 0 fully saturated rings. The van der Waals surface area contributed by atoms with Crippen molar-refractivity contribution in [3.63, 3.8) is 0 Å². The van der Waals surface area contributed by atoms with Crippen molar-refractivity contribution in [3.8, 4) is 5.69 Å². The van der Waals surface area contributed by atoms with Crippen LogP contribution in [-0.4, -0.2) is 4.57 Å². The van der Waals surface area contributed by atoms with Crippen molar-refractivity contribution >= 4 is 127 Å². The molecule has 0 spiro atoms. The first-order valence-corrected chi connectivity index (χ1v) is 15.3. The van der Waals surface area contributed by atoms with Crippen LogP contribution in [0.1, 0.15) is 5.56 Å². The Hall–Kier alpha value is -2.22. The normalized spacial score (nSPS) is 12.4. The van der Waals surface area contributed by atoms with E-state index in [1.54, 1.807) is 0 Å². The lowest BCUT2D eigenvalue weighted by Crippen LogP contribution is -1.93. The van der Waals surface area contributed by atoms with E-state index in [2.05, 4.69) is 116 Å². The van der Waals surface area contributed by atoms with Gasteiger partial charge in [0.05, 0.1) is 25.1 Å². The Labute approximate surface area is 229 Å². The van der Waals surface area contributed by atoms with Gasteiger partial charge in [0.25, 0.3) is 0 Å². The molecule has 4 heterocycles. The number of thiophene rings is 3. The minimum absolute atomic E-state index is 1.12. The number of aryl methyl sites for hydroxylation is 1. The Kier molecular flexibility index (Phi) is 4.42. The molecule has 0 aliphatic rings. The van der Waals surface area contributed by atoms with Crippen molar-refractivity contribution in [2.45, 2.75) is 6.92 Å². The number of fused-ring (bicyclic) bond motifs is 10. The average Bonchev–Trinajstić information content (AvgIpc) is 3.55. The van der Waals surface area contributed by atoms with E-state index >= 15 is 0 Å². The van der Waals surface area contributed by atoms with Gasteiger partial charge in [-0.15, -0.1) is 34.0 Å². The van der Waals surface area contributed by atoms with Crippen LogP contribution in [-0.2, 0) is 0 Å². The molecule has 8 aromatic rings. The third-order valence-electron chi connectivity index (χ3n) is 6.79. The molecule has 1 nitrogen and oxygen atoms in total. The fourth-order valence-corrected chi connectivity index (χ4v) is 10.2. The molecular weight excluding hydrogens is 618 g/mol. The Morgan fingerprint density at radius 1 is 0.571 bits per heavy atom. The summed E-state index contributed by atoms with van der Waals surface area (Å²) in [5, 5.41) is 5.37. The van der Waals surface area contributed by atoms with Gasteiger partial charge in [0.15, 0.2) is 0 Å². The topological polar surface area (TPSA) is 4.93 Å². The minimum atomic E-state index is 1.12. The van der Waals surface area contributed by atoms with E-state index in [-0.39, 0.29) is 0 Å². The maximum absolute atomic E-state index is 3.67. The third-order valence-corrected chi connectivity index (χ3v) is 11.5. The van der Waals surface area contributed by atoms with Crippen molar-refractivity contribution in [1.29, 1.82) is 0 Å². The van der Waals surface area contributed by atoms with Gasteiger partial charge in [0, 0.05) is 50.3 Å². The number of halogens is 2. The molecular formula is C29H15Br2NS3. The molecule has 0 radical (unpaired) electrons. The highest BCUT2D eigenvalue weighted by Gasteiger charge is 2.21. The lowest BCUT2D eigenvalue weighted by atomic mass is 10.2. The smallest absolute Gasteiger partial charge is 0.0727 e. The molecule has 4 aromatic heterocycles. The molecule has 6 heteroatoms. The van der Waals surface area contributed by atoms with Crippen molar-refractivity contribution in [1.82, 2.24) is 4.57 Å². The van der Waals surface area contributed by atoms with Crippen LogP contribution in [0, 0.1) is 6.92 Å². The van der Waals surface area contributed by atoms with Crippen molar-refractivity contribution in [2.24, 2.45) is 0 Å². The van der Waals surface area contributed by atoms with Crippen LogP contribution < -0.4 is 0 Å². The fourth-order valence-electron chi connectivity index (χ4n) is 5.18. The number of nitrogens with zero attached hydrogens (tertiary/aromatic N) is 1. The first kappa shape index (κ1) is 20.9. The van der Waals surface area contributed by atoms with Crippen LogP contribution in [0.15, 0.2) is 81.7 Å². The van der Waals surface area contributed by atoms with Crippen molar-refractivity contribution in [2.75, 3.05) is 0 Å². The van der Waals surface area contributed by atoms with Crippen molar-refractivity contribution < 1.29 is 0 Å². The molecule has 8 rings (SSSR count). The number of benzene rings is 4. The molecule has 4 aromatic carbocycles. The standard InChI is InChI=1S/C29H15Br2NS3/c1-14-2-6-17(7-3-14)32-22-12-21-25(35-28-19-9-5-16(31)11-24(19)34-29(21)28)13-20(22)27-26(32)18-8-4-15(30)10-23(18)33-27/h2-13H,1H3. The van der Waals surface area contributed by atoms with Gasteiger partial charge in [0.1, 0.15) is 0 Å². The van der Waals surface area contributed by atoms with Crippen LogP contribution in [0.25, 0.3) is 66.5 Å². The fraction of sp³-hybridized carbons (Fsp3) is 0.0345. The van der Waals surface area contributed by atoms with Crippen LogP contribution >= 0.6 is 65.9 Å². The zero-order valence-electron chi connectivity index (χ0n) is 18.4. The predicted octanol–water partition coefficient (Wildman–Crippen LogP) is 11.4. The van der Waals surface area contributed by atoms with Gasteiger partial charge in [0.2, 0.25) is 0 Å². The summed E-state index contributed by atoms with van der Waals surface area (Å²) in [4.78, 5) is 0. The summed E-state index contributed by atoms with van der Waals surface area (Å²) in [6.07, 6.45) is 0. The second kappa shape index (κ2) is 7.40. The molecule has 0 saturated carbocycles. The number of hydrogen-bond donors (Lipinski definition) is 0. The Morgan fingerprint density at radius 2 is 1.17 bits per heavy atom. The summed E-state index contributed by atoms with van der Waals surface area (Å²) in [6, 6.07) is 27.1. The van der Waals surface area contributed by atoms with Gasteiger partial charge in [-0.05, 0) is 55.5 Å². The second-order valence-electron chi connectivity index (χ2n) is 8.96. The molecule has 0 N–H and O–H groups in total. The first-order chi connectivity index (χ1) is 17.0. The van der Waals surface area contributed by atoms with E-state index in [1.165, 1.54) is 72.0 Å². The highest BCUT2D eigenvalue weighted by atomic mass is 79.9. The zero-order valence-corrected chi connectivity index (χ0v) is 24.0. The molecule has 0 aliphatic heterocycles. The maximum atomic E-state index is 3.67. The molecule has 168 valence electrons. The third kappa shape index (κ3) is 2.95. The SMILES string of the molecule is Cc1ccc(-n2c3cc4c(cc3c3sc5cc(Br)ccc5c32)sc2c3ccc(Br)cc3sc42)cc1. The molecule has 0 amide bonds. The van der Waals surface area contributed by atoms with Gasteiger partial charge in [-0.25, -0.2) is 0 Å². The Morgan fingerprint density at radius 3 is 1.91 bits per heavy atom.